The second-order valence-electron chi connectivity index (χ2n) is 8.53. The van der Waals surface area contributed by atoms with Crippen molar-refractivity contribution in [2.45, 2.75) is 57.8 Å². The standard InChI is InChI=1S/C20H26BN3O4/c1-19(2)20(3,4)28-21(27-19)14-9-7-13(8-10-14)15-12-22-17(23-15)16-6-5-11-24(16)18(25)26/h7-10,12,16H,5-6,11H2,1-4H3,(H,22,23)(H,25,26). The van der Waals surface area contributed by atoms with Gasteiger partial charge in [-0.1, -0.05) is 24.3 Å². The molecule has 7 nitrogen and oxygen atoms in total. The highest BCUT2D eigenvalue weighted by Gasteiger charge is 2.51. The molecular formula is C20H26BN3O4. The Morgan fingerprint density at radius 3 is 2.46 bits per heavy atom. The van der Waals surface area contributed by atoms with E-state index < -0.39 is 6.09 Å². The summed E-state index contributed by atoms with van der Waals surface area (Å²) in [6, 6.07) is 7.80. The maximum absolute atomic E-state index is 11.4. The number of aromatic nitrogens is 2. The molecule has 0 radical (unpaired) electrons. The number of likely N-dealkylation sites (tertiary alicyclic amines) is 1. The van der Waals surface area contributed by atoms with E-state index in [0.29, 0.717) is 12.4 Å². The Kier molecular flexibility index (Phi) is 4.51. The maximum Gasteiger partial charge on any atom is 0.494 e. The second kappa shape index (κ2) is 6.63. The Hall–Kier alpha value is -2.32. The summed E-state index contributed by atoms with van der Waals surface area (Å²) in [6.07, 6.45) is 2.51. The number of hydrogen-bond acceptors (Lipinski definition) is 4. The van der Waals surface area contributed by atoms with Gasteiger partial charge < -0.3 is 19.4 Å². The minimum Gasteiger partial charge on any atom is -0.465 e. The molecular weight excluding hydrogens is 357 g/mol. The Labute approximate surface area is 165 Å². The number of hydrogen-bond donors (Lipinski definition) is 2. The highest BCUT2D eigenvalue weighted by atomic mass is 16.7. The van der Waals surface area contributed by atoms with Gasteiger partial charge in [0.1, 0.15) is 5.82 Å². The third kappa shape index (κ3) is 3.20. The van der Waals surface area contributed by atoms with Crippen LogP contribution in [0.1, 0.15) is 52.4 Å². The number of carbonyl (C=O) groups is 1. The fraction of sp³-hybridized carbons (Fsp3) is 0.500. The number of carboxylic acid groups (broad SMARTS) is 1. The lowest BCUT2D eigenvalue weighted by atomic mass is 9.79. The van der Waals surface area contributed by atoms with Gasteiger partial charge in [0.2, 0.25) is 0 Å². The van der Waals surface area contributed by atoms with Crippen LogP contribution in [0.15, 0.2) is 30.5 Å². The topological polar surface area (TPSA) is 87.7 Å². The van der Waals surface area contributed by atoms with Gasteiger partial charge in [-0.15, -0.1) is 0 Å². The van der Waals surface area contributed by atoms with Crippen molar-refractivity contribution < 1.29 is 19.2 Å². The SMILES string of the molecule is CC1(C)OB(c2ccc(-c3cnc(C4CCCN4C(=O)O)[nH]3)cc2)OC1(C)C. The summed E-state index contributed by atoms with van der Waals surface area (Å²) in [5.74, 6) is 0.699. The van der Waals surface area contributed by atoms with Crippen LogP contribution in [0.4, 0.5) is 4.79 Å². The zero-order valence-corrected chi connectivity index (χ0v) is 16.7. The molecule has 2 fully saturated rings. The van der Waals surface area contributed by atoms with Gasteiger partial charge >= 0.3 is 13.2 Å². The first kappa shape index (κ1) is 19.0. The van der Waals surface area contributed by atoms with Crippen molar-refractivity contribution in [2.24, 2.45) is 0 Å². The quantitative estimate of drug-likeness (QED) is 0.795. The lowest BCUT2D eigenvalue weighted by molar-refractivity contribution is 0.00578. The van der Waals surface area contributed by atoms with Crippen molar-refractivity contribution in [3.63, 3.8) is 0 Å². The summed E-state index contributed by atoms with van der Waals surface area (Å²) >= 11 is 0. The average molecular weight is 383 g/mol. The molecule has 1 unspecified atom stereocenters. The molecule has 0 spiro atoms. The third-order valence-corrected chi connectivity index (χ3v) is 6.16. The van der Waals surface area contributed by atoms with Crippen LogP contribution in [0.25, 0.3) is 11.3 Å². The molecule has 28 heavy (non-hydrogen) atoms. The summed E-state index contributed by atoms with van der Waals surface area (Å²) in [6.45, 7) is 8.71. The van der Waals surface area contributed by atoms with Crippen molar-refractivity contribution in [3.05, 3.63) is 36.3 Å². The molecule has 2 saturated heterocycles. The van der Waals surface area contributed by atoms with E-state index in [2.05, 4.69) is 9.97 Å². The predicted molar refractivity (Wildman–Crippen MR) is 106 cm³/mol. The van der Waals surface area contributed by atoms with E-state index in [-0.39, 0.29) is 24.4 Å². The Balaban J connectivity index is 1.51. The Morgan fingerprint density at radius 2 is 1.86 bits per heavy atom. The van der Waals surface area contributed by atoms with Crippen LogP contribution in [0.5, 0.6) is 0 Å². The first-order valence-corrected chi connectivity index (χ1v) is 9.68. The number of imidazole rings is 1. The van der Waals surface area contributed by atoms with Crippen molar-refractivity contribution in [2.75, 3.05) is 6.54 Å². The van der Waals surface area contributed by atoms with Gasteiger partial charge in [0, 0.05) is 6.54 Å². The average Bonchev–Trinajstić information content (AvgIpc) is 3.33. The fourth-order valence-corrected chi connectivity index (χ4v) is 3.73. The molecule has 2 aliphatic heterocycles. The van der Waals surface area contributed by atoms with Crippen LogP contribution in [-0.2, 0) is 9.31 Å². The summed E-state index contributed by atoms with van der Waals surface area (Å²) in [4.78, 5) is 20.6. The Bertz CT molecular complexity index is 862. The van der Waals surface area contributed by atoms with E-state index in [4.69, 9.17) is 9.31 Å². The fourth-order valence-electron chi connectivity index (χ4n) is 3.73. The summed E-state index contributed by atoms with van der Waals surface area (Å²) in [5.41, 5.74) is 2.08. The van der Waals surface area contributed by atoms with Gasteiger partial charge in [0.05, 0.1) is 29.1 Å². The first-order valence-electron chi connectivity index (χ1n) is 9.68. The number of benzene rings is 1. The predicted octanol–water partition coefficient (Wildman–Crippen LogP) is 3.19. The van der Waals surface area contributed by atoms with Gasteiger partial charge in [-0.25, -0.2) is 9.78 Å². The number of amides is 1. The van der Waals surface area contributed by atoms with Crippen molar-refractivity contribution in [1.82, 2.24) is 14.9 Å². The molecule has 3 heterocycles. The van der Waals surface area contributed by atoms with Crippen molar-refractivity contribution in [3.8, 4) is 11.3 Å². The normalized spacial score (nSPS) is 23.4. The third-order valence-electron chi connectivity index (χ3n) is 6.16. The number of rotatable bonds is 3. The highest BCUT2D eigenvalue weighted by molar-refractivity contribution is 6.62. The van der Waals surface area contributed by atoms with E-state index in [0.717, 1.165) is 29.6 Å². The lowest BCUT2D eigenvalue weighted by Crippen LogP contribution is -2.41. The number of H-pyrrole nitrogens is 1. The van der Waals surface area contributed by atoms with E-state index in [1.807, 2.05) is 52.0 Å². The molecule has 4 rings (SSSR count). The monoisotopic (exact) mass is 383 g/mol. The Morgan fingerprint density at radius 1 is 1.21 bits per heavy atom. The second-order valence-corrected chi connectivity index (χ2v) is 8.53. The maximum atomic E-state index is 11.4. The summed E-state index contributed by atoms with van der Waals surface area (Å²) in [7, 11) is -0.390. The molecule has 0 saturated carbocycles. The van der Waals surface area contributed by atoms with Gasteiger partial charge in [-0.2, -0.15) is 0 Å². The van der Waals surface area contributed by atoms with Gasteiger partial charge in [-0.05, 0) is 51.6 Å². The molecule has 1 amide bonds. The molecule has 0 aliphatic carbocycles. The molecule has 2 aliphatic rings. The van der Waals surface area contributed by atoms with Crippen molar-refractivity contribution in [1.29, 1.82) is 0 Å². The largest absolute Gasteiger partial charge is 0.494 e. The minimum absolute atomic E-state index is 0.199. The van der Waals surface area contributed by atoms with Crippen LogP contribution in [0.2, 0.25) is 0 Å². The van der Waals surface area contributed by atoms with Crippen LogP contribution >= 0.6 is 0 Å². The molecule has 1 aromatic carbocycles. The zero-order valence-electron chi connectivity index (χ0n) is 16.7. The molecule has 8 heteroatoms. The summed E-state index contributed by atoms with van der Waals surface area (Å²) in [5, 5.41) is 9.34. The van der Waals surface area contributed by atoms with Gasteiger partial charge in [-0.3, -0.25) is 4.90 Å². The van der Waals surface area contributed by atoms with Crippen LogP contribution in [-0.4, -0.2) is 50.9 Å². The van der Waals surface area contributed by atoms with Crippen LogP contribution in [0, 0.1) is 0 Å². The van der Waals surface area contributed by atoms with Crippen molar-refractivity contribution >= 4 is 18.7 Å². The van der Waals surface area contributed by atoms with Gasteiger partial charge in [0.15, 0.2) is 0 Å². The number of aromatic amines is 1. The van der Waals surface area contributed by atoms with E-state index in [1.165, 1.54) is 4.90 Å². The highest BCUT2D eigenvalue weighted by Crippen LogP contribution is 2.36. The number of nitrogens with zero attached hydrogens (tertiary/aromatic N) is 2. The molecule has 1 atom stereocenters. The number of nitrogens with one attached hydrogen (secondary N) is 1. The van der Waals surface area contributed by atoms with Crippen LogP contribution < -0.4 is 5.46 Å². The smallest absolute Gasteiger partial charge is 0.465 e. The van der Waals surface area contributed by atoms with E-state index in [1.54, 1.807) is 6.20 Å². The van der Waals surface area contributed by atoms with E-state index in [9.17, 15) is 9.90 Å². The lowest BCUT2D eigenvalue weighted by Gasteiger charge is -2.32. The summed E-state index contributed by atoms with van der Waals surface area (Å²) < 4.78 is 12.2. The molecule has 2 aromatic rings. The van der Waals surface area contributed by atoms with E-state index >= 15 is 0 Å². The van der Waals surface area contributed by atoms with Gasteiger partial charge in [0.25, 0.3) is 0 Å². The first-order chi connectivity index (χ1) is 13.2. The molecule has 2 N–H and O–H groups in total. The minimum atomic E-state index is -0.896. The molecule has 148 valence electrons. The zero-order chi connectivity index (χ0) is 20.1. The molecule has 1 aromatic heterocycles. The molecule has 0 bridgehead atoms. The van der Waals surface area contributed by atoms with Crippen LogP contribution in [0.3, 0.4) is 0 Å².